The van der Waals surface area contributed by atoms with E-state index < -0.39 is 0 Å². The van der Waals surface area contributed by atoms with E-state index in [2.05, 4.69) is 100 Å². The number of hydrogen-bond donors (Lipinski definition) is 0. The van der Waals surface area contributed by atoms with Gasteiger partial charge in [0.2, 0.25) is 0 Å². The molecule has 0 aliphatic rings. The normalized spacial score (nSPS) is 11.7. The van der Waals surface area contributed by atoms with Gasteiger partial charge >= 0.3 is 0 Å². The predicted molar refractivity (Wildman–Crippen MR) is 237 cm³/mol. The molecule has 0 fully saturated rings. The smallest absolute Gasteiger partial charge is 0.164 e. The number of rotatable bonds is 5. The lowest BCUT2D eigenvalue weighted by molar-refractivity contribution is 0.671. The van der Waals surface area contributed by atoms with Crippen molar-refractivity contribution < 1.29 is 4.42 Å². The van der Waals surface area contributed by atoms with Crippen molar-refractivity contribution in [1.82, 2.24) is 24.1 Å². The molecule has 12 rings (SSSR count). The van der Waals surface area contributed by atoms with Gasteiger partial charge in [-0.1, -0.05) is 133 Å². The van der Waals surface area contributed by atoms with E-state index in [1.165, 1.54) is 0 Å². The van der Waals surface area contributed by atoms with Crippen molar-refractivity contribution in [3.05, 3.63) is 188 Å². The Hall–Kier alpha value is -8.34. The zero-order chi connectivity index (χ0) is 39.0. The van der Waals surface area contributed by atoms with Crippen molar-refractivity contribution in [2.75, 3.05) is 0 Å². The van der Waals surface area contributed by atoms with Crippen LogP contribution in [0, 0.1) is 11.3 Å². The Kier molecular flexibility index (Phi) is 7.16. The first kappa shape index (κ1) is 32.9. The first-order chi connectivity index (χ1) is 29.2. The Bertz CT molecular complexity index is 3610. The maximum absolute atomic E-state index is 11.1. The van der Waals surface area contributed by atoms with Crippen molar-refractivity contribution in [2.45, 2.75) is 0 Å². The fourth-order valence-electron chi connectivity index (χ4n) is 8.88. The molecule has 0 bridgehead atoms. The molecule has 0 aliphatic carbocycles. The molecule has 0 aliphatic heterocycles. The van der Waals surface area contributed by atoms with Gasteiger partial charge in [0.25, 0.3) is 0 Å². The van der Waals surface area contributed by atoms with Crippen molar-refractivity contribution in [2.24, 2.45) is 0 Å². The average molecular weight is 755 g/mol. The number of fused-ring (bicyclic) bond motifs is 12. The van der Waals surface area contributed by atoms with E-state index in [4.69, 9.17) is 19.4 Å². The quantitative estimate of drug-likeness (QED) is 0.175. The molecule has 0 saturated carbocycles. The summed E-state index contributed by atoms with van der Waals surface area (Å²) in [6.45, 7) is 0. The van der Waals surface area contributed by atoms with Gasteiger partial charge in [0, 0.05) is 54.7 Å². The summed E-state index contributed by atoms with van der Waals surface area (Å²) in [6.07, 6.45) is 0. The van der Waals surface area contributed by atoms with Gasteiger partial charge in [-0.05, 0) is 48.5 Å². The number of para-hydroxylation sites is 4. The molecule has 8 aromatic carbocycles. The molecule has 0 unspecified atom stereocenters. The first-order valence-corrected chi connectivity index (χ1v) is 19.5. The Morgan fingerprint density at radius 2 is 0.966 bits per heavy atom. The second-order valence-electron chi connectivity index (χ2n) is 14.7. The highest BCUT2D eigenvalue weighted by molar-refractivity contribution is 6.39. The van der Waals surface area contributed by atoms with Crippen molar-refractivity contribution in [3.63, 3.8) is 0 Å². The molecule has 59 heavy (non-hydrogen) atoms. The lowest BCUT2D eigenvalue weighted by atomic mass is 10.0. The highest BCUT2D eigenvalue weighted by Crippen LogP contribution is 2.49. The lowest BCUT2D eigenvalue weighted by Gasteiger charge is -2.13. The van der Waals surface area contributed by atoms with Crippen LogP contribution in [0.15, 0.2) is 186 Å². The Balaban J connectivity index is 1.20. The van der Waals surface area contributed by atoms with Crippen LogP contribution in [0.3, 0.4) is 0 Å². The summed E-state index contributed by atoms with van der Waals surface area (Å²) >= 11 is 0. The van der Waals surface area contributed by atoms with Crippen LogP contribution < -0.4 is 0 Å². The van der Waals surface area contributed by atoms with Crippen LogP contribution in [0.2, 0.25) is 0 Å². The molecule has 0 amide bonds. The van der Waals surface area contributed by atoms with E-state index in [-0.39, 0.29) is 0 Å². The number of hydrogen-bond acceptors (Lipinski definition) is 5. The Morgan fingerprint density at radius 3 is 1.61 bits per heavy atom. The van der Waals surface area contributed by atoms with Crippen LogP contribution in [0.1, 0.15) is 5.56 Å². The molecule has 0 saturated heterocycles. The summed E-state index contributed by atoms with van der Waals surface area (Å²) in [6, 6.07) is 64.1. The van der Waals surface area contributed by atoms with Gasteiger partial charge < -0.3 is 13.6 Å². The third-order valence-corrected chi connectivity index (χ3v) is 11.4. The minimum Gasteiger partial charge on any atom is -0.454 e. The standard InChI is InChI=1S/C52H30N6O/c53-31-35-30-34(52-55-50(32-16-4-1-5-17-32)54-51(56-52)33-18-6-2-7-19-33)28-29-40(35)58-42-26-14-10-22-37(42)44-45-39-24-12-15-27-43(39)59-49(45)48-46(47(44)58)38-23-11-13-25-41(38)57(48)36-20-8-3-9-21-36/h1-30H. The molecule has 0 N–H and O–H groups in total. The van der Waals surface area contributed by atoms with Gasteiger partial charge in [0.1, 0.15) is 11.7 Å². The molecule has 4 heterocycles. The fraction of sp³-hybridized carbons (Fsp3) is 0. The summed E-state index contributed by atoms with van der Waals surface area (Å²) in [5.74, 6) is 1.61. The Morgan fingerprint density at radius 1 is 0.441 bits per heavy atom. The van der Waals surface area contributed by atoms with Gasteiger partial charge in [0.05, 0.1) is 33.3 Å². The average Bonchev–Trinajstić information content (AvgIpc) is 3.98. The minimum absolute atomic E-state index is 0.489. The Labute approximate surface area is 337 Å². The van der Waals surface area contributed by atoms with E-state index in [9.17, 15) is 5.26 Å². The van der Waals surface area contributed by atoms with Gasteiger partial charge in [0.15, 0.2) is 23.1 Å². The number of benzene rings is 8. The topological polar surface area (TPSA) is 85.5 Å². The third kappa shape index (κ3) is 4.90. The van der Waals surface area contributed by atoms with Crippen molar-refractivity contribution >= 4 is 65.6 Å². The second-order valence-corrected chi connectivity index (χ2v) is 14.7. The predicted octanol–water partition coefficient (Wildman–Crippen LogP) is 12.8. The molecular weight excluding hydrogens is 725 g/mol. The van der Waals surface area contributed by atoms with Crippen molar-refractivity contribution in [3.8, 4) is 51.6 Å². The number of nitrogens with zero attached hydrogens (tertiary/aromatic N) is 6. The van der Waals surface area contributed by atoms with E-state index in [1.54, 1.807) is 0 Å². The minimum atomic E-state index is 0.489. The van der Waals surface area contributed by atoms with Crippen LogP contribution in [-0.4, -0.2) is 24.1 Å². The molecule has 4 aromatic heterocycles. The monoisotopic (exact) mass is 754 g/mol. The van der Waals surface area contributed by atoms with E-state index in [0.29, 0.717) is 23.0 Å². The van der Waals surface area contributed by atoms with Crippen LogP contribution in [-0.2, 0) is 0 Å². The van der Waals surface area contributed by atoms with Crippen LogP contribution in [0.25, 0.3) is 111 Å². The van der Waals surface area contributed by atoms with E-state index in [1.807, 2.05) is 97.1 Å². The van der Waals surface area contributed by atoms with E-state index in [0.717, 1.165) is 93.6 Å². The lowest BCUT2D eigenvalue weighted by Crippen LogP contribution is -2.02. The molecule has 7 nitrogen and oxygen atoms in total. The highest BCUT2D eigenvalue weighted by Gasteiger charge is 2.28. The largest absolute Gasteiger partial charge is 0.454 e. The first-order valence-electron chi connectivity index (χ1n) is 19.5. The van der Waals surface area contributed by atoms with Crippen LogP contribution >= 0.6 is 0 Å². The van der Waals surface area contributed by atoms with Crippen molar-refractivity contribution in [1.29, 1.82) is 5.26 Å². The van der Waals surface area contributed by atoms with Gasteiger partial charge in [-0.3, -0.25) is 0 Å². The summed E-state index contributed by atoms with van der Waals surface area (Å²) in [5.41, 5.74) is 10.4. The zero-order valence-electron chi connectivity index (χ0n) is 31.4. The van der Waals surface area contributed by atoms with Crippen LogP contribution in [0.5, 0.6) is 0 Å². The molecule has 12 aromatic rings. The fourth-order valence-corrected chi connectivity index (χ4v) is 8.88. The summed E-state index contributed by atoms with van der Waals surface area (Å²) in [4.78, 5) is 14.8. The number of nitriles is 1. The maximum atomic E-state index is 11.1. The van der Waals surface area contributed by atoms with Gasteiger partial charge in [-0.2, -0.15) is 5.26 Å². The molecular formula is C52H30N6O. The zero-order valence-corrected chi connectivity index (χ0v) is 31.4. The maximum Gasteiger partial charge on any atom is 0.164 e. The molecule has 0 atom stereocenters. The van der Waals surface area contributed by atoms with Gasteiger partial charge in [-0.15, -0.1) is 0 Å². The number of furan rings is 1. The molecule has 7 heteroatoms. The third-order valence-electron chi connectivity index (χ3n) is 11.4. The molecule has 0 radical (unpaired) electrons. The summed E-state index contributed by atoms with van der Waals surface area (Å²) in [7, 11) is 0. The summed E-state index contributed by atoms with van der Waals surface area (Å²) < 4.78 is 11.5. The molecule has 274 valence electrons. The highest BCUT2D eigenvalue weighted by atomic mass is 16.3. The SMILES string of the molecule is N#Cc1cc(-c2nc(-c3ccccc3)nc(-c3ccccc3)n2)ccc1-n1c2ccccc2c2c3c4ccccc4oc3c3c(c4ccccc4n3-c3ccccc3)c21. The summed E-state index contributed by atoms with van der Waals surface area (Å²) in [5, 5.41) is 17.4. The van der Waals surface area contributed by atoms with E-state index >= 15 is 0 Å². The van der Waals surface area contributed by atoms with Gasteiger partial charge in [-0.25, -0.2) is 15.0 Å². The second kappa shape index (κ2) is 12.8. The number of aromatic nitrogens is 5. The molecule has 0 spiro atoms. The van der Waals surface area contributed by atoms with Crippen LogP contribution in [0.4, 0.5) is 0 Å².